The van der Waals surface area contributed by atoms with Crippen molar-refractivity contribution in [2.24, 2.45) is 0 Å². The molecule has 0 saturated heterocycles. The highest BCUT2D eigenvalue weighted by Crippen LogP contribution is 2.37. The lowest BCUT2D eigenvalue weighted by atomic mass is 10.1. The van der Waals surface area contributed by atoms with Gasteiger partial charge in [-0.05, 0) is 36.4 Å². The van der Waals surface area contributed by atoms with Crippen molar-refractivity contribution in [2.75, 3.05) is 0 Å². The number of thiophene rings is 1. The van der Waals surface area contributed by atoms with E-state index in [0.717, 1.165) is 22.5 Å². The van der Waals surface area contributed by atoms with Gasteiger partial charge in [-0.3, -0.25) is 9.97 Å². The summed E-state index contributed by atoms with van der Waals surface area (Å²) in [5.74, 6) is 0. The highest BCUT2D eigenvalue weighted by Gasteiger charge is 2.09. The monoisotopic (exact) mass is 338 g/mol. The van der Waals surface area contributed by atoms with Crippen molar-refractivity contribution in [1.82, 2.24) is 9.97 Å². The molecule has 0 unspecified atom stereocenters. The zero-order chi connectivity index (χ0) is 16.6. The summed E-state index contributed by atoms with van der Waals surface area (Å²) in [5, 5.41) is 2.60. The summed E-state index contributed by atoms with van der Waals surface area (Å²) < 4.78 is 2.58. The minimum absolute atomic E-state index is 1.01. The summed E-state index contributed by atoms with van der Waals surface area (Å²) in [6.45, 7) is 0. The van der Waals surface area contributed by atoms with Crippen LogP contribution in [0, 0.1) is 0 Å². The number of hydrogen-bond donors (Lipinski definition) is 0. The Morgan fingerprint density at radius 3 is 1.52 bits per heavy atom. The average molecular weight is 338 g/mol. The van der Waals surface area contributed by atoms with Crippen LogP contribution in [0.1, 0.15) is 0 Å². The molecule has 25 heavy (non-hydrogen) atoms. The van der Waals surface area contributed by atoms with Crippen LogP contribution in [0.5, 0.6) is 0 Å². The highest BCUT2D eigenvalue weighted by atomic mass is 32.1. The lowest BCUT2D eigenvalue weighted by Crippen LogP contribution is -1.81. The minimum Gasteiger partial charge on any atom is -0.256 e. The van der Waals surface area contributed by atoms with Crippen LogP contribution in [0.4, 0.5) is 0 Å². The fourth-order valence-electron chi connectivity index (χ4n) is 3.16. The summed E-state index contributed by atoms with van der Waals surface area (Å²) in [5.41, 5.74) is 4.33. The molecule has 5 aromatic rings. The second-order valence-corrected chi connectivity index (χ2v) is 7.04. The van der Waals surface area contributed by atoms with Gasteiger partial charge in [-0.25, -0.2) is 0 Å². The predicted molar refractivity (Wildman–Crippen MR) is 106 cm³/mol. The van der Waals surface area contributed by atoms with E-state index in [9.17, 15) is 0 Å². The van der Waals surface area contributed by atoms with Crippen LogP contribution >= 0.6 is 11.3 Å². The van der Waals surface area contributed by atoms with Crippen molar-refractivity contribution in [3.8, 4) is 22.5 Å². The van der Waals surface area contributed by atoms with Crippen molar-refractivity contribution in [2.45, 2.75) is 0 Å². The van der Waals surface area contributed by atoms with E-state index in [1.165, 1.54) is 20.2 Å². The molecular weight excluding hydrogens is 324 g/mol. The Balaban J connectivity index is 1.67. The number of hydrogen-bond acceptors (Lipinski definition) is 3. The van der Waals surface area contributed by atoms with Crippen molar-refractivity contribution >= 4 is 31.5 Å². The van der Waals surface area contributed by atoms with Crippen molar-refractivity contribution < 1.29 is 0 Å². The fraction of sp³-hybridized carbons (Fsp3) is 0. The van der Waals surface area contributed by atoms with Gasteiger partial charge in [-0.15, -0.1) is 11.3 Å². The number of nitrogens with zero attached hydrogens (tertiary/aromatic N) is 2. The predicted octanol–water partition coefficient (Wildman–Crippen LogP) is 6.18. The molecule has 0 aliphatic carbocycles. The third kappa shape index (κ3) is 2.49. The second kappa shape index (κ2) is 5.80. The van der Waals surface area contributed by atoms with Gasteiger partial charge in [0.05, 0.1) is 11.4 Å². The molecule has 0 radical (unpaired) electrons. The lowest BCUT2D eigenvalue weighted by molar-refractivity contribution is 1.33. The van der Waals surface area contributed by atoms with Gasteiger partial charge in [0.25, 0.3) is 0 Å². The molecule has 0 aliphatic heterocycles. The van der Waals surface area contributed by atoms with Gasteiger partial charge >= 0.3 is 0 Å². The lowest BCUT2D eigenvalue weighted by Gasteiger charge is -2.01. The number of aromatic nitrogens is 2. The summed E-state index contributed by atoms with van der Waals surface area (Å²) in [7, 11) is 0. The molecule has 0 spiro atoms. The zero-order valence-corrected chi connectivity index (χ0v) is 14.2. The van der Waals surface area contributed by atoms with Crippen molar-refractivity contribution in [3.05, 3.63) is 85.2 Å². The Kier molecular flexibility index (Phi) is 3.32. The SMILES string of the molecule is c1ccc(-c2ccc3c(c2)sc2cc(-c4ccccn4)ccc23)nc1. The smallest absolute Gasteiger partial charge is 0.0702 e. The maximum absolute atomic E-state index is 4.46. The maximum Gasteiger partial charge on any atom is 0.0702 e. The van der Waals surface area contributed by atoms with Gasteiger partial charge in [0.15, 0.2) is 0 Å². The van der Waals surface area contributed by atoms with E-state index in [-0.39, 0.29) is 0 Å². The van der Waals surface area contributed by atoms with E-state index in [1.807, 2.05) is 60.1 Å². The Labute approximate surface area is 149 Å². The van der Waals surface area contributed by atoms with Gasteiger partial charge in [-0.1, -0.05) is 36.4 Å². The molecule has 3 heterocycles. The van der Waals surface area contributed by atoms with E-state index in [2.05, 4.69) is 46.4 Å². The van der Waals surface area contributed by atoms with E-state index in [1.54, 1.807) is 0 Å². The van der Waals surface area contributed by atoms with E-state index in [4.69, 9.17) is 0 Å². The van der Waals surface area contributed by atoms with Crippen LogP contribution in [0.2, 0.25) is 0 Å². The van der Waals surface area contributed by atoms with Crippen LogP contribution < -0.4 is 0 Å². The summed E-state index contributed by atoms with van der Waals surface area (Å²) in [6.07, 6.45) is 3.67. The average Bonchev–Trinajstić information content (AvgIpc) is 3.06. The highest BCUT2D eigenvalue weighted by molar-refractivity contribution is 7.25. The molecule has 118 valence electrons. The molecule has 5 rings (SSSR count). The standard InChI is InChI=1S/C22H14N2S/c1-3-11-23-19(5-1)15-7-9-17-18-10-8-16(20-6-2-4-12-24-20)14-22(18)25-21(17)13-15/h1-14H. The first-order valence-corrected chi connectivity index (χ1v) is 8.99. The van der Waals surface area contributed by atoms with Gasteiger partial charge in [0, 0.05) is 43.7 Å². The normalized spacial score (nSPS) is 11.2. The first-order valence-electron chi connectivity index (χ1n) is 8.18. The molecule has 0 fully saturated rings. The van der Waals surface area contributed by atoms with Crippen LogP contribution in [-0.2, 0) is 0 Å². The first kappa shape index (κ1) is 14.3. The third-order valence-corrected chi connectivity index (χ3v) is 5.51. The maximum atomic E-state index is 4.46. The van der Waals surface area contributed by atoms with Crippen molar-refractivity contribution in [1.29, 1.82) is 0 Å². The number of benzene rings is 2. The Morgan fingerprint density at radius 2 is 1.08 bits per heavy atom. The Hall–Kier alpha value is -3.04. The quantitative estimate of drug-likeness (QED) is 0.384. The van der Waals surface area contributed by atoms with Gasteiger partial charge in [-0.2, -0.15) is 0 Å². The number of rotatable bonds is 2. The molecule has 0 amide bonds. The van der Waals surface area contributed by atoms with Crippen LogP contribution in [0.3, 0.4) is 0 Å². The molecule has 0 atom stereocenters. The van der Waals surface area contributed by atoms with Gasteiger partial charge < -0.3 is 0 Å². The molecule has 2 aromatic carbocycles. The van der Waals surface area contributed by atoms with E-state index in [0.29, 0.717) is 0 Å². The summed E-state index contributed by atoms with van der Waals surface area (Å²) >= 11 is 1.82. The third-order valence-electron chi connectivity index (χ3n) is 4.39. The van der Waals surface area contributed by atoms with E-state index < -0.39 is 0 Å². The zero-order valence-electron chi connectivity index (χ0n) is 13.4. The largest absolute Gasteiger partial charge is 0.256 e. The van der Waals surface area contributed by atoms with Gasteiger partial charge in [0.2, 0.25) is 0 Å². The topological polar surface area (TPSA) is 25.8 Å². The van der Waals surface area contributed by atoms with Crippen LogP contribution in [-0.4, -0.2) is 9.97 Å². The summed E-state index contributed by atoms with van der Waals surface area (Å²) in [6, 6.07) is 25.2. The van der Waals surface area contributed by atoms with E-state index >= 15 is 0 Å². The first-order chi connectivity index (χ1) is 12.4. The molecule has 2 nitrogen and oxygen atoms in total. The van der Waals surface area contributed by atoms with Crippen LogP contribution in [0.15, 0.2) is 85.2 Å². The Bertz CT molecular complexity index is 1080. The number of pyridine rings is 2. The molecule has 0 bridgehead atoms. The summed E-state index contributed by atoms with van der Waals surface area (Å²) in [4.78, 5) is 8.92. The molecule has 0 saturated carbocycles. The van der Waals surface area contributed by atoms with Gasteiger partial charge in [0.1, 0.15) is 0 Å². The molecule has 3 aromatic heterocycles. The Morgan fingerprint density at radius 1 is 0.560 bits per heavy atom. The number of fused-ring (bicyclic) bond motifs is 3. The molecule has 0 N–H and O–H groups in total. The molecule has 0 aliphatic rings. The van der Waals surface area contributed by atoms with Crippen molar-refractivity contribution in [3.63, 3.8) is 0 Å². The van der Waals surface area contributed by atoms with Crippen LogP contribution in [0.25, 0.3) is 42.7 Å². The second-order valence-electron chi connectivity index (χ2n) is 5.95. The molecular formula is C22H14N2S. The molecule has 3 heteroatoms. The minimum atomic E-state index is 1.01. The fourth-order valence-corrected chi connectivity index (χ4v) is 4.35.